The molecule has 1 aromatic carbocycles. The van der Waals surface area contributed by atoms with E-state index in [1.807, 2.05) is 35.7 Å². The fourth-order valence-corrected chi connectivity index (χ4v) is 3.58. The molecule has 1 heterocycles. The summed E-state index contributed by atoms with van der Waals surface area (Å²) in [7, 11) is 0. The summed E-state index contributed by atoms with van der Waals surface area (Å²) in [6, 6.07) is 7.98. The predicted molar refractivity (Wildman–Crippen MR) is 106 cm³/mol. The Hall–Kier alpha value is -2.24. The van der Waals surface area contributed by atoms with Crippen molar-refractivity contribution in [3.05, 3.63) is 66.2 Å². The molecule has 1 amide bonds. The summed E-state index contributed by atoms with van der Waals surface area (Å²) >= 11 is 1.49. The number of anilines is 2. The molecule has 1 aromatic heterocycles. The Morgan fingerprint density at radius 3 is 2.52 bits per heavy atom. The van der Waals surface area contributed by atoms with Crippen LogP contribution in [0.15, 0.2) is 55.0 Å². The van der Waals surface area contributed by atoms with Gasteiger partial charge in [0.25, 0.3) is 0 Å². The zero-order valence-electron chi connectivity index (χ0n) is 14.9. The number of amides is 1. The van der Waals surface area contributed by atoms with Crippen molar-refractivity contribution < 1.29 is 4.79 Å². The van der Waals surface area contributed by atoms with Crippen molar-refractivity contribution in [2.45, 2.75) is 26.8 Å². The molecule has 0 saturated heterocycles. The molecule has 2 rings (SSSR count). The molecule has 0 bridgehead atoms. The lowest BCUT2D eigenvalue weighted by atomic mass is 10.1. The number of carbonyl (C=O) groups is 1. The first-order chi connectivity index (χ1) is 12.1. The molecule has 132 valence electrons. The molecule has 0 aliphatic carbocycles. The maximum atomic E-state index is 12.3. The third kappa shape index (κ3) is 4.87. The summed E-state index contributed by atoms with van der Waals surface area (Å²) in [5.74, 6) is -0.0316. The van der Waals surface area contributed by atoms with E-state index in [1.54, 1.807) is 11.8 Å². The number of rotatable bonds is 9. The average molecular weight is 356 g/mol. The topological polar surface area (TPSA) is 36.4 Å². The SMILES string of the molecule is C=CCN(CC=C)Cc1csc(N(C(C)=O)c2ccccc2CC)n1. The number of carbonyl (C=O) groups excluding carboxylic acids is 1. The van der Waals surface area contributed by atoms with Gasteiger partial charge in [0.2, 0.25) is 5.91 Å². The third-order valence-corrected chi connectivity index (χ3v) is 4.69. The third-order valence-electron chi connectivity index (χ3n) is 3.82. The minimum Gasteiger partial charge on any atom is -0.290 e. The molecule has 0 spiro atoms. The standard InChI is InChI=1S/C20H25N3OS/c1-5-12-22(13-6-2)14-18-15-25-20(21-18)23(16(4)24)19-11-9-8-10-17(19)7-3/h5-6,8-11,15H,1-2,7,12-14H2,3-4H3. The zero-order valence-corrected chi connectivity index (χ0v) is 15.8. The second-order valence-electron chi connectivity index (χ2n) is 5.73. The van der Waals surface area contributed by atoms with E-state index in [9.17, 15) is 4.79 Å². The maximum Gasteiger partial charge on any atom is 0.230 e. The van der Waals surface area contributed by atoms with Crippen LogP contribution in [0.3, 0.4) is 0 Å². The minimum absolute atomic E-state index is 0.0316. The van der Waals surface area contributed by atoms with E-state index in [1.165, 1.54) is 11.3 Å². The Kier molecular flexibility index (Phi) is 7.10. The molecule has 25 heavy (non-hydrogen) atoms. The molecule has 0 atom stereocenters. The molecule has 0 aliphatic heterocycles. The van der Waals surface area contributed by atoms with Gasteiger partial charge in [-0.3, -0.25) is 14.6 Å². The number of nitrogens with zero attached hydrogens (tertiary/aromatic N) is 3. The smallest absolute Gasteiger partial charge is 0.230 e. The van der Waals surface area contributed by atoms with Crippen LogP contribution in [0.5, 0.6) is 0 Å². The van der Waals surface area contributed by atoms with E-state index >= 15 is 0 Å². The van der Waals surface area contributed by atoms with Gasteiger partial charge in [-0.25, -0.2) is 4.98 Å². The van der Waals surface area contributed by atoms with Gasteiger partial charge in [0.1, 0.15) is 0 Å². The molecule has 0 fully saturated rings. The van der Waals surface area contributed by atoms with Crippen molar-refractivity contribution in [3.8, 4) is 0 Å². The Balaban J connectivity index is 2.29. The lowest BCUT2D eigenvalue weighted by molar-refractivity contribution is -0.115. The van der Waals surface area contributed by atoms with Crippen LogP contribution in [0, 0.1) is 0 Å². The number of benzene rings is 1. The second-order valence-corrected chi connectivity index (χ2v) is 6.57. The number of thiazole rings is 1. The molecular formula is C20H25N3OS. The first-order valence-electron chi connectivity index (χ1n) is 8.37. The van der Waals surface area contributed by atoms with Gasteiger partial charge in [0.15, 0.2) is 5.13 Å². The molecule has 0 saturated carbocycles. The van der Waals surface area contributed by atoms with Crippen molar-refractivity contribution in [2.24, 2.45) is 0 Å². The summed E-state index contributed by atoms with van der Waals surface area (Å²) in [5.41, 5.74) is 2.99. The van der Waals surface area contributed by atoms with E-state index in [4.69, 9.17) is 4.98 Å². The summed E-state index contributed by atoms with van der Waals surface area (Å²) in [5, 5.41) is 2.72. The highest BCUT2D eigenvalue weighted by Gasteiger charge is 2.20. The summed E-state index contributed by atoms with van der Waals surface area (Å²) in [6.07, 6.45) is 4.61. The van der Waals surface area contributed by atoms with Crippen molar-refractivity contribution in [1.82, 2.24) is 9.88 Å². The second kappa shape index (κ2) is 9.30. The van der Waals surface area contributed by atoms with Crippen molar-refractivity contribution in [2.75, 3.05) is 18.0 Å². The highest BCUT2D eigenvalue weighted by molar-refractivity contribution is 7.14. The van der Waals surface area contributed by atoms with Gasteiger partial charge in [-0.05, 0) is 18.1 Å². The molecule has 0 aliphatic rings. The average Bonchev–Trinajstić information content (AvgIpc) is 3.03. The van der Waals surface area contributed by atoms with Gasteiger partial charge in [-0.1, -0.05) is 37.3 Å². The zero-order chi connectivity index (χ0) is 18.2. The Bertz CT molecular complexity index is 728. The monoisotopic (exact) mass is 355 g/mol. The van der Waals surface area contributed by atoms with Crippen LogP contribution in [0.1, 0.15) is 25.1 Å². The quantitative estimate of drug-likeness (QED) is 0.619. The Labute approximate surface area is 154 Å². The van der Waals surface area contributed by atoms with E-state index in [0.29, 0.717) is 11.7 Å². The Morgan fingerprint density at radius 2 is 1.92 bits per heavy atom. The highest BCUT2D eigenvalue weighted by atomic mass is 32.1. The lowest BCUT2D eigenvalue weighted by Gasteiger charge is -2.21. The van der Waals surface area contributed by atoms with Crippen LogP contribution in [0.2, 0.25) is 0 Å². The summed E-state index contributed by atoms with van der Waals surface area (Å²) < 4.78 is 0. The van der Waals surface area contributed by atoms with Crippen LogP contribution in [-0.2, 0) is 17.8 Å². The molecule has 0 radical (unpaired) electrons. The molecule has 5 heteroatoms. The van der Waals surface area contributed by atoms with Gasteiger partial charge in [0, 0.05) is 31.9 Å². The first kappa shape index (κ1) is 19.1. The normalized spacial score (nSPS) is 10.7. The van der Waals surface area contributed by atoms with E-state index in [2.05, 4.69) is 31.0 Å². The number of aromatic nitrogens is 1. The van der Waals surface area contributed by atoms with Crippen LogP contribution in [-0.4, -0.2) is 28.9 Å². The molecular weight excluding hydrogens is 330 g/mol. The van der Waals surface area contributed by atoms with Gasteiger partial charge in [-0.15, -0.1) is 24.5 Å². The number of aryl methyl sites for hydroxylation is 1. The number of para-hydroxylation sites is 1. The Morgan fingerprint density at radius 1 is 1.24 bits per heavy atom. The van der Waals surface area contributed by atoms with Crippen LogP contribution < -0.4 is 4.90 Å². The van der Waals surface area contributed by atoms with Gasteiger partial charge in [0.05, 0.1) is 11.4 Å². The largest absolute Gasteiger partial charge is 0.290 e. The van der Waals surface area contributed by atoms with E-state index < -0.39 is 0 Å². The van der Waals surface area contributed by atoms with Crippen molar-refractivity contribution in [3.63, 3.8) is 0 Å². The first-order valence-corrected chi connectivity index (χ1v) is 9.25. The van der Waals surface area contributed by atoms with Crippen molar-refractivity contribution >= 4 is 28.1 Å². The van der Waals surface area contributed by atoms with Crippen LogP contribution in [0.4, 0.5) is 10.8 Å². The van der Waals surface area contributed by atoms with Gasteiger partial charge >= 0.3 is 0 Å². The lowest BCUT2D eigenvalue weighted by Crippen LogP contribution is -2.25. The van der Waals surface area contributed by atoms with Gasteiger partial charge in [-0.2, -0.15) is 0 Å². The highest BCUT2D eigenvalue weighted by Crippen LogP contribution is 2.32. The molecule has 2 aromatic rings. The van der Waals surface area contributed by atoms with Crippen molar-refractivity contribution in [1.29, 1.82) is 0 Å². The number of hydrogen-bond acceptors (Lipinski definition) is 4. The fourth-order valence-electron chi connectivity index (χ4n) is 2.70. The van der Waals surface area contributed by atoms with Crippen LogP contribution >= 0.6 is 11.3 Å². The fraction of sp³-hybridized carbons (Fsp3) is 0.300. The van der Waals surface area contributed by atoms with E-state index in [0.717, 1.165) is 36.5 Å². The predicted octanol–water partition coefficient (Wildman–Crippen LogP) is 4.56. The maximum absolute atomic E-state index is 12.3. The van der Waals surface area contributed by atoms with Crippen LogP contribution in [0.25, 0.3) is 0 Å². The molecule has 4 nitrogen and oxygen atoms in total. The summed E-state index contributed by atoms with van der Waals surface area (Å²) in [6.45, 7) is 13.5. The number of hydrogen-bond donors (Lipinski definition) is 0. The minimum atomic E-state index is -0.0316. The molecule has 0 unspecified atom stereocenters. The molecule has 0 N–H and O–H groups in total. The van der Waals surface area contributed by atoms with Gasteiger partial charge < -0.3 is 0 Å². The summed E-state index contributed by atoms with van der Waals surface area (Å²) in [4.78, 5) is 20.9. The van der Waals surface area contributed by atoms with E-state index in [-0.39, 0.29) is 5.91 Å².